The van der Waals surface area contributed by atoms with Crippen LogP contribution >= 0.6 is 0 Å². The van der Waals surface area contributed by atoms with Gasteiger partial charge in [-0.15, -0.1) is 0 Å². The number of rotatable bonds is 23. The minimum atomic E-state index is -1.14. The van der Waals surface area contributed by atoms with Gasteiger partial charge >= 0.3 is 5.97 Å². The van der Waals surface area contributed by atoms with Gasteiger partial charge in [0.1, 0.15) is 12.1 Å². The van der Waals surface area contributed by atoms with Gasteiger partial charge < -0.3 is 40.7 Å². The summed E-state index contributed by atoms with van der Waals surface area (Å²) in [6.07, 6.45) is 0.759. The number of carbonyl (C=O) groups is 5. The lowest BCUT2D eigenvalue weighted by Gasteiger charge is -2.41. The summed E-state index contributed by atoms with van der Waals surface area (Å²) in [5, 5.41) is 15.6. The Bertz CT molecular complexity index is 1380. The van der Waals surface area contributed by atoms with Crippen molar-refractivity contribution >= 4 is 29.6 Å². The van der Waals surface area contributed by atoms with Crippen molar-refractivity contribution in [3.63, 3.8) is 0 Å². The van der Waals surface area contributed by atoms with Crippen LogP contribution in [0.25, 0.3) is 0 Å². The van der Waals surface area contributed by atoms with Crippen molar-refractivity contribution in [1.29, 1.82) is 0 Å². The van der Waals surface area contributed by atoms with Crippen LogP contribution in [0.4, 0.5) is 0 Å². The smallest absolute Gasteiger partial charge is 0.326 e. The molecule has 5 N–H and O–H groups in total. The topological polar surface area (TPSA) is 184 Å². The summed E-state index contributed by atoms with van der Waals surface area (Å²) in [7, 11) is 6.59. The molecule has 9 atom stereocenters. The molecule has 1 saturated heterocycles. The van der Waals surface area contributed by atoms with Crippen LogP contribution in [0.5, 0.6) is 0 Å². The van der Waals surface area contributed by atoms with Crippen LogP contribution < -0.4 is 16.4 Å². The molecule has 312 valence electrons. The van der Waals surface area contributed by atoms with Crippen LogP contribution in [0.1, 0.15) is 79.7 Å². The van der Waals surface area contributed by atoms with Gasteiger partial charge in [-0.1, -0.05) is 85.2 Å². The summed E-state index contributed by atoms with van der Waals surface area (Å²) in [4.78, 5) is 73.0. The van der Waals surface area contributed by atoms with E-state index in [1.54, 1.807) is 23.8 Å². The summed E-state index contributed by atoms with van der Waals surface area (Å²) >= 11 is 0. The average molecular weight is 775 g/mol. The van der Waals surface area contributed by atoms with Gasteiger partial charge in [0.2, 0.25) is 23.6 Å². The summed E-state index contributed by atoms with van der Waals surface area (Å²) < 4.78 is 11.9. The van der Waals surface area contributed by atoms with E-state index in [2.05, 4.69) is 10.6 Å². The van der Waals surface area contributed by atoms with E-state index in [9.17, 15) is 29.1 Å². The van der Waals surface area contributed by atoms with Crippen LogP contribution in [-0.2, 0) is 39.9 Å². The molecule has 0 aliphatic carbocycles. The lowest BCUT2D eigenvalue weighted by Crippen LogP contribution is -2.60. The molecule has 1 fully saturated rings. The number of aliphatic carboxylic acids is 1. The highest BCUT2D eigenvalue weighted by Gasteiger charge is 2.43. The van der Waals surface area contributed by atoms with E-state index in [1.807, 2.05) is 83.8 Å². The second-order valence-electron chi connectivity index (χ2n) is 15.9. The molecule has 55 heavy (non-hydrogen) atoms. The van der Waals surface area contributed by atoms with Gasteiger partial charge in [-0.25, -0.2) is 4.79 Å². The molecule has 0 bridgehead atoms. The molecule has 0 radical (unpaired) electrons. The van der Waals surface area contributed by atoms with E-state index < -0.39 is 60.2 Å². The van der Waals surface area contributed by atoms with Crippen molar-refractivity contribution in [2.75, 3.05) is 47.9 Å². The van der Waals surface area contributed by atoms with Gasteiger partial charge in [-0.3, -0.25) is 24.1 Å². The molecule has 0 unspecified atom stereocenters. The highest BCUT2D eigenvalue weighted by Crippen LogP contribution is 2.30. The van der Waals surface area contributed by atoms with Crippen molar-refractivity contribution in [3.05, 3.63) is 35.9 Å². The van der Waals surface area contributed by atoms with E-state index in [4.69, 9.17) is 15.2 Å². The first-order valence-electron chi connectivity index (χ1n) is 19.8. The highest BCUT2D eigenvalue weighted by atomic mass is 16.5. The Labute approximate surface area is 329 Å². The Balaban J connectivity index is 2.28. The molecule has 0 saturated carbocycles. The van der Waals surface area contributed by atoms with Crippen LogP contribution in [0.2, 0.25) is 0 Å². The lowest BCUT2D eigenvalue weighted by molar-refractivity contribution is -0.148. The van der Waals surface area contributed by atoms with Crippen molar-refractivity contribution in [1.82, 2.24) is 25.3 Å². The zero-order valence-corrected chi connectivity index (χ0v) is 35.1. The number of nitrogens with zero attached hydrogens (tertiary/aromatic N) is 3. The molecule has 1 aliphatic heterocycles. The first-order valence-corrected chi connectivity index (χ1v) is 19.8. The van der Waals surface area contributed by atoms with Crippen LogP contribution in [0.15, 0.2) is 30.3 Å². The number of amides is 4. The predicted molar refractivity (Wildman–Crippen MR) is 213 cm³/mol. The van der Waals surface area contributed by atoms with Crippen molar-refractivity contribution in [3.8, 4) is 0 Å². The number of hydrogen-bond acceptors (Lipinski definition) is 9. The summed E-state index contributed by atoms with van der Waals surface area (Å²) in [5.74, 6) is -3.36. The molecule has 1 heterocycles. The molecule has 1 aromatic rings. The van der Waals surface area contributed by atoms with E-state index in [0.29, 0.717) is 38.9 Å². The van der Waals surface area contributed by atoms with E-state index in [0.717, 1.165) is 5.56 Å². The standard InChI is InChI=1S/C41H70N6O8/c1-12-27(6)36(46(9)40(51)34(25(2)3)44-39(50)35(26(4)5)45(8)22-20-42)32(54-10)24-33(48)47-21-16-19-31(47)37(55-11)28(7)38(49)43-30(41(52)53)23-29-17-14-13-15-18-29/h13-15,17-18,25-28,30-32,34-37H,12,16,19-24,42H2,1-11H3,(H,43,49)(H,44,50)(H,52,53)/t27-,28+,30-,31-,32+,34-,35-,36-,37+/m0/s1. The zero-order valence-electron chi connectivity index (χ0n) is 35.1. The highest BCUT2D eigenvalue weighted by molar-refractivity contribution is 5.90. The van der Waals surface area contributed by atoms with E-state index in [1.165, 1.54) is 14.2 Å². The number of likely N-dealkylation sites (N-methyl/N-ethyl adjacent to an activating group) is 2. The second-order valence-corrected chi connectivity index (χ2v) is 15.9. The van der Waals surface area contributed by atoms with Crippen LogP contribution in [-0.4, -0.2) is 140 Å². The molecule has 0 aromatic heterocycles. The van der Waals surface area contributed by atoms with Gasteiger partial charge in [-0.05, 0) is 43.2 Å². The maximum Gasteiger partial charge on any atom is 0.326 e. The minimum absolute atomic E-state index is 0.0141. The number of hydrogen-bond donors (Lipinski definition) is 4. The van der Waals surface area contributed by atoms with Crippen molar-refractivity contribution in [2.24, 2.45) is 29.4 Å². The van der Waals surface area contributed by atoms with Gasteiger partial charge in [0.25, 0.3) is 0 Å². The fourth-order valence-corrected chi connectivity index (χ4v) is 7.99. The number of benzene rings is 1. The van der Waals surface area contributed by atoms with Gasteiger partial charge in [0, 0.05) is 47.3 Å². The van der Waals surface area contributed by atoms with Crippen LogP contribution in [0.3, 0.4) is 0 Å². The van der Waals surface area contributed by atoms with E-state index >= 15 is 0 Å². The van der Waals surface area contributed by atoms with Crippen molar-refractivity contribution < 1.29 is 38.6 Å². The summed E-state index contributed by atoms with van der Waals surface area (Å²) in [6, 6.07) is 5.76. The maximum absolute atomic E-state index is 14.3. The largest absolute Gasteiger partial charge is 0.480 e. The number of carbonyl (C=O) groups excluding carboxylic acids is 4. The fraction of sp³-hybridized carbons (Fsp3) is 0.732. The first kappa shape index (κ1) is 47.6. The molecule has 1 aromatic carbocycles. The molecule has 2 rings (SSSR count). The van der Waals surface area contributed by atoms with Gasteiger partial charge in [0.15, 0.2) is 0 Å². The third-order valence-electron chi connectivity index (χ3n) is 11.2. The second kappa shape index (κ2) is 22.8. The number of likely N-dealkylation sites (tertiary alicyclic amines) is 1. The Morgan fingerprint density at radius 3 is 2.09 bits per heavy atom. The third kappa shape index (κ3) is 13.0. The molecular weight excluding hydrogens is 704 g/mol. The monoisotopic (exact) mass is 775 g/mol. The Hall–Kier alpha value is -3.59. The SMILES string of the molecule is CC[C@H](C)[C@@H]([C@@H](CC(=O)N1CCC[C@H]1[C@H](OC)[C@@H](C)C(=O)N[C@@H](Cc1ccccc1)C(=O)O)OC)N(C)C(=O)[C@@H](NC(=O)[C@H](C(C)C)N(C)CCN)C(C)C. The number of methoxy groups -OCH3 is 2. The van der Waals surface area contributed by atoms with Crippen molar-refractivity contribution in [2.45, 2.75) is 123 Å². The number of nitrogens with two attached hydrogens (primary N) is 1. The normalized spacial score (nSPS) is 19.0. The van der Waals surface area contributed by atoms with Crippen LogP contribution in [0, 0.1) is 23.7 Å². The zero-order chi connectivity index (χ0) is 41.6. The number of carboxylic acids is 1. The molecule has 0 spiro atoms. The van der Waals surface area contributed by atoms with Gasteiger partial charge in [0.05, 0.1) is 42.7 Å². The molecule has 1 aliphatic rings. The third-order valence-corrected chi connectivity index (χ3v) is 11.2. The minimum Gasteiger partial charge on any atom is -0.480 e. The maximum atomic E-state index is 14.3. The molecule has 14 heteroatoms. The van der Waals surface area contributed by atoms with E-state index in [-0.39, 0.29) is 48.3 Å². The quantitative estimate of drug-likeness (QED) is 0.129. The Morgan fingerprint density at radius 1 is 0.945 bits per heavy atom. The molecule has 14 nitrogen and oxygen atoms in total. The Morgan fingerprint density at radius 2 is 1.58 bits per heavy atom. The number of ether oxygens (including phenoxy) is 2. The predicted octanol–water partition coefficient (Wildman–Crippen LogP) is 2.77. The molecular formula is C41H70N6O8. The molecule has 4 amide bonds. The number of carboxylic acid groups (broad SMARTS) is 1. The number of nitrogens with one attached hydrogen (secondary N) is 2. The summed E-state index contributed by atoms with van der Waals surface area (Å²) in [5.41, 5.74) is 6.57. The lowest BCUT2D eigenvalue weighted by atomic mass is 9.89. The Kier molecular flexibility index (Phi) is 19.7. The summed E-state index contributed by atoms with van der Waals surface area (Å²) in [6.45, 7) is 14.8. The van der Waals surface area contributed by atoms with Gasteiger partial charge in [-0.2, -0.15) is 0 Å². The average Bonchev–Trinajstić information content (AvgIpc) is 3.63. The fourth-order valence-electron chi connectivity index (χ4n) is 7.99. The first-order chi connectivity index (χ1) is 25.9.